The Labute approximate surface area is 89.7 Å². The zero-order chi connectivity index (χ0) is 10.2. The summed E-state index contributed by atoms with van der Waals surface area (Å²) in [5.74, 6) is 0.665. The predicted octanol–water partition coefficient (Wildman–Crippen LogP) is 1.61. The van der Waals surface area contributed by atoms with Crippen LogP contribution < -0.4 is 11.1 Å². The molecule has 0 saturated carbocycles. The molecule has 0 radical (unpaired) electrons. The Hall–Kier alpha value is -0.450. The second-order valence-corrected chi connectivity index (χ2v) is 4.17. The van der Waals surface area contributed by atoms with Crippen LogP contribution in [-0.2, 0) is 6.54 Å². The van der Waals surface area contributed by atoms with Gasteiger partial charge in [0, 0.05) is 11.9 Å². The lowest BCUT2D eigenvalue weighted by atomic mass is 10.0. The summed E-state index contributed by atoms with van der Waals surface area (Å²) in [5, 5.41) is 5.45. The predicted molar refractivity (Wildman–Crippen MR) is 61.3 cm³/mol. The van der Waals surface area contributed by atoms with E-state index in [9.17, 15) is 0 Å². The van der Waals surface area contributed by atoms with Gasteiger partial charge in [0.15, 0.2) is 0 Å². The molecule has 80 valence electrons. The van der Waals surface area contributed by atoms with Crippen molar-refractivity contribution in [3.8, 4) is 0 Å². The lowest BCUT2D eigenvalue weighted by Crippen LogP contribution is -2.21. The minimum atomic E-state index is 0.665. The molecule has 1 aromatic rings. The maximum atomic E-state index is 5.62. The third-order valence-corrected chi connectivity index (χ3v) is 3.06. The van der Waals surface area contributed by atoms with E-state index in [0.717, 1.165) is 31.7 Å². The summed E-state index contributed by atoms with van der Waals surface area (Å²) in [6.45, 7) is 4.91. The van der Waals surface area contributed by atoms with Crippen molar-refractivity contribution in [2.75, 3.05) is 13.1 Å². The van der Waals surface area contributed by atoms with Crippen molar-refractivity contribution < 1.29 is 0 Å². The lowest BCUT2D eigenvalue weighted by molar-refractivity contribution is 0.459. The molecule has 0 saturated heterocycles. The summed E-state index contributed by atoms with van der Waals surface area (Å²) >= 11 is 1.64. The van der Waals surface area contributed by atoms with Crippen molar-refractivity contribution in [3.05, 3.63) is 16.6 Å². The molecule has 0 fully saturated rings. The SMILES string of the molecule is CCC(CN)CCNCc1cscn1. The molecular formula is C10H19N3S. The number of nitrogens with two attached hydrogens (primary N) is 1. The van der Waals surface area contributed by atoms with Crippen LogP contribution in [0.5, 0.6) is 0 Å². The zero-order valence-corrected chi connectivity index (χ0v) is 9.52. The molecule has 0 spiro atoms. The third-order valence-electron chi connectivity index (χ3n) is 2.43. The van der Waals surface area contributed by atoms with E-state index in [4.69, 9.17) is 5.73 Å². The van der Waals surface area contributed by atoms with E-state index in [1.807, 2.05) is 5.51 Å². The third kappa shape index (κ3) is 4.17. The van der Waals surface area contributed by atoms with Gasteiger partial charge in [-0.05, 0) is 25.4 Å². The van der Waals surface area contributed by atoms with Gasteiger partial charge in [0.05, 0.1) is 11.2 Å². The van der Waals surface area contributed by atoms with Crippen LogP contribution in [0.2, 0.25) is 0 Å². The van der Waals surface area contributed by atoms with Crippen molar-refractivity contribution in [1.82, 2.24) is 10.3 Å². The molecule has 0 aliphatic carbocycles. The van der Waals surface area contributed by atoms with Crippen molar-refractivity contribution in [2.24, 2.45) is 11.7 Å². The minimum Gasteiger partial charge on any atom is -0.330 e. The van der Waals surface area contributed by atoms with E-state index in [2.05, 4.69) is 22.6 Å². The van der Waals surface area contributed by atoms with E-state index < -0.39 is 0 Å². The number of aromatic nitrogens is 1. The molecule has 0 bridgehead atoms. The van der Waals surface area contributed by atoms with Crippen molar-refractivity contribution >= 4 is 11.3 Å². The largest absolute Gasteiger partial charge is 0.330 e. The molecule has 1 atom stereocenters. The van der Waals surface area contributed by atoms with Gasteiger partial charge in [0.25, 0.3) is 0 Å². The van der Waals surface area contributed by atoms with Gasteiger partial charge in [0.1, 0.15) is 0 Å². The van der Waals surface area contributed by atoms with Gasteiger partial charge >= 0.3 is 0 Å². The van der Waals surface area contributed by atoms with Gasteiger partial charge in [-0.3, -0.25) is 0 Å². The van der Waals surface area contributed by atoms with Crippen LogP contribution in [0, 0.1) is 5.92 Å². The van der Waals surface area contributed by atoms with Gasteiger partial charge in [-0.15, -0.1) is 11.3 Å². The van der Waals surface area contributed by atoms with Crippen molar-refractivity contribution in [2.45, 2.75) is 26.3 Å². The molecule has 4 heteroatoms. The second-order valence-electron chi connectivity index (χ2n) is 3.46. The van der Waals surface area contributed by atoms with Gasteiger partial charge < -0.3 is 11.1 Å². The Kier molecular flexibility index (Phi) is 5.75. The first kappa shape index (κ1) is 11.6. The van der Waals surface area contributed by atoms with Gasteiger partial charge in [0.2, 0.25) is 0 Å². The van der Waals surface area contributed by atoms with Crippen LogP contribution >= 0.6 is 11.3 Å². The Morgan fingerprint density at radius 1 is 1.64 bits per heavy atom. The fourth-order valence-electron chi connectivity index (χ4n) is 1.34. The van der Waals surface area contributed by atoms with Gasteiger partial charge in [-0.1, -0.05) is 13.3 Å². The highest BCUT2D eigenvalue weighted by Crippen LogP contribution is 2.05. The molecule has 0 aliphatic rings. The molecule has 1 aromatic heterocycles. The first-order chi connectivity index (χ1) is 6.86. The summed E-state index contributed by atoms with van der Waals surface area (Å²) in [6.07, 6.45) is 2.34. The minimum absolute atomic E-state index is 0.665. The summed E-state index contributed by atoms with van der Waals surface area (Å²) in [6, 6.07) is 0. The first-order valence-corrected chi connectivity index (χ1v) is 6.09. The summed E-state index contributed by atoms with van der Waals surface area (Å²) < 4.78 is 0. The average molecular weight is 213 g/mol. The van der Waals surface area contributed by atoms with E-state index in [1.54, 1.807) is 11.3 Å². The number of hydrogen-bond acceptors (Lipinski definition) is 4. The quantitative estimate of drug-likeness (QED) is 0.677. The van der Waals surface area contributed by atoms with Crippen LogP contribution in [-0.4, -0.2) is 18.1 Å². The normalized spacial score (nSPS) is 13.0. The lowest BCUT2D eigenvalue weighted by Gasteiger charge is -2.11. The van der Waals surface area contributed by atoms with E-state index in [0.29, 0.717) is 5.92 Å². The maximum Gasteiger partial charge on any atom is 0.0795 e. The molecule has 1 unspecified atom stereocenters. The van der Waals surface area contributed by atoms with Crippen LogP contribution in [0.4, 0.5) is 0 Å². The molecule has 0 aliphatic heterocycles. The van der Waals surface area contributed by atoms with Crippen LogP contribution in [0.15, 0.2) is 10.9 Å². The summed E-state index contributed by atoms with van der Waals surface area (Å²) in [4.78, 5) is 4.20. The van der Waals surface area contributed by atoms with Gasteiger partial charge in [-0.25, -0.2) is 4.98 Å². The van der Waals surface area contributed by atoms with E-state index in [-0.39, 0.29) is 0 Å². The van der Waals surface area contributed by atoms with Gasteiger partial charge in [-0.2, -0.15) is 0 Å². The molecule has 1 heterocycles. The van der Waals surface area contributed by atoms with Crippen molar-refractivity contribution in [1.29, 1.82) is 0 Å². The Bertz CT molecular complexity index is 219. The van der Waals surface area contributed by atoms with E-state index >= 15 is 0 Å². The first-order valence-electron chi connectivity index (χ1n) is 5.14. The number of nitrogens with zero attached hydrogens (tertiary/aromatic N) is 1. The fourth-order valence-corrected chi connectivity index (χ4v) is 1.89. The van der Waals surface area contributed by atoms with Crippen molar-refractivity contribution in [3.63, 3.8) is 0 Å². The Morgan fingerprint density at radius 2 is 2.50 bits per heavy atom. The second kappa shape index (κ2) is 6.92. The molecule has 3 nitrogen and oxygen atoms in total. The van der Waals surface area contributed by atoms with Crippen LogP contribution in [0.1, 0.15) is 25.5 Å². The maximum absolute atomic E-state index is 5.62. The number of nitrogens with one attached hydrogen (secondary N) is 1. The zero-order valence-electron chi connectivity index (χ0n) is 8.70. The molecular weight excluding hydrogens is 194 g/mol. The highest BCUT2D eigenvalue weighted by molar-refractivity contribution is 7.07. The molecule has 14 heavy (non-hydrogen) atoms. The number of hydrogen-bond donors (Lipinski definition) is 2. The fraction of sp³-hybridized carbons (Fsp3) is 0.700. The highest BCUT2D eigenvalue weighted by atomic mass is 32.1. The van der Waals surface area contributed by atoms with E-state index in [1.165, 1.54) is 6.42 Å². The topological polar surface area (TPSA) is 50.9 Å². The summed E-state index contributed by atoms with van der Waals surface area (Å²) in [5.41, 5.74) is 8.62. The Morgan fingerprint density at radius 3 is 3.07 bits per heavy atom. The Balaban J connectivity index is 2.04. The van der Waals surface area contributed by atoms with Crippen LogP contribution in [0.25, 0.3) is 0 Å². The average Bonchev–Trinajstić information content (AvgIpc) is 2.71. The monoisotopic (exact) mass is 213 g/mol. The van der Waals surface area contributed by atoms with Crippen LogP contribution in [0.3, 0.4) is 0 Å². The summed E-state index contributed by atoms with van der Waals surface area (Å²) in [7, 11) is 0. The molecule has 3 N–H and O–H groups in total. The smallest absolute Gasteiger partial charge is 0.0795 e. The molecule has 0 amide bonds. The highest BCUT2D eigenvalue weighted by Gasteiger charge is 2.02. The number of rotatable bonds is 7. The molecule has 0 aromatic carbocycles. The number of thiazole rings is 1. The molecule has 1 rings (SSSR count). The standard InChI is InChI=1S/C10H19N3S/c1-2-9(5-11)3-4-12-6-10-7-14-8-13-10/h7-9,12H,2-6,11H2,1H3.